The lowest BCUT2D eigenvalue weighted by Gasteiger charge is -2.28. The third-order valence-electron chi connectivity index (χ3n) is 5.81. The molecule has 26 heavy (non-hydrogen) atoms. The van der Waals surface area contributed by atoms with Crippen LogP contribution in [0.25, 0.3) is 16.7 Å². The highest BCUT2D eigenvalue weighted by molar-refractivity contribution is 7.20. The summed E-state index contributed by atoms with van der Waals surface area (Å²) in [5, 5.41) is 5.99. The lowest BCUT2D eigenvalue weighted by atomic mass is 10.1. The van der Waals surface area contributed by atoms with Crippen molar-refractivity contribution in [1.82, 2.24) is 0 Å². The fraction of sp³-hybridized carbons (Fsp3) is 0.0400. The van der Waals surface area contributed by atoms with Crippen LogP contribution in [0.2, 0.25) is 0 Å². The van der Waals surface area contributed by atoms with Crippen molar-refractivity contribution >= 4 is 29.2 Å². The van der Waals surface area contributed by atoms with Gasteiger partial charge in [0.15, 0.2) is 8.07 Å². The van der Waals surface area contributed by atoms with E-state index in [-0.39, 0.29) is 0 Å². The molecule has 1 heteroatoms. The van der Waals surface area contributed by atoms with E-state index in [9.17, 15) is 0 Å². The molecule has 0 radical (unpaired) electrons. The van der Waals surface area contributed by atoms with Gasteiger partial charge in [-0.2, -0.15) is 0 Å². The Hall–Kier alpha value is -2.90. The predicted octanol–water partition coefficient (Wildman–Crippen LogP) is 4.21. The molecule has 0 aliphatic carbocycles. The van der Waals surface area contributed by atoms with Crippen molar-refractivity contribution < 1.29 is 0 Å². The van der Waals surface area contributed by atoms with Gasteiger partial charge in [-0.3, -0.25) is 0 Å². The summed E-state index contributed by atoms with van der Waals surface area (Å²) in [5.41, 5.74) is 5.46. The van der Waals surface area contributed by atoms with Crippen molar-refractivity contribution in [2.45, 2.75) is 6.92 Å². The van der Waals surface area contributed by atoms with Crippen LogP contribution < -0.4 is 15.6 Å². The average Bonchev–Trinajstić information content (AvgIpc) is 3.15. The average molecular weight is 349 g/mol. The first kappa shape index (κ1) is 15.4. The van der Waals surface area contributed by atoms with E-state index in [4.69, 9.17) is 0 Å². The van der Waals surface area contributed by atoms with Crippen LogP contribution in [-0.4, -0.2) is 8.07 Å². The number of benzene rings is 3. The minimum atomic E-state index is -2.24. The second-order valence-corrected chi connectivity index (χ2v) is 10.6. The van der Waals surface area contributed by atoms with Crippen molar-refractivity contribution in [3.05, 3.63) is 108 Å². The van der Waals surface area contributed by atoms with E-state index in [0.29, 0.717) is 0 Å². The summed E-state index contributed by atoms with van der Waals surface area (Å²) < 4.78 is 0. The summed E-state index contributed by atoms with van der Waals surface area (Å²) in [7, 11) is -2.24. The molecule has 0 unspecified atom stereocenters. The van der Waals surface area contributed by atoms with E-state index in [2.05, 4.69) is 105 Å². The van der Waals surface area contributed by atoms with Crippen molar-refractivity contribution in [2.24, 2.45) is 0 Å². The van der Waals surface area contributed by atoms with E-state index in [1.54, 1.807) is 0 Å². The van der Waals surface area contributed by atoms with E-state index < -0.39 is 8.07 Å². The fourth-order valence-electron chi connectivity index (χ4n) is 4.95. The van der Waals surface area contributed by atoms with Crippen LogP contribution in [-0.2, 0) is 0 Å². The van der Waals surface area contributed by atoms with Crippen molar-refractivity contribution in [3.63, 3.8) is 0 Å². The van der Waals surface area contributed by atoms with Gasteiger partial charge in [0.25, 0.3) is 0 Å². The number of hydrogen-bond acceptors (Lipinski definition) is 0. The summed E-state index contributed by atoms with van der Waals surface area (Å²) in [4.78, 5) is 0. The van der Waals surface area contributed by atoms with E-state index in [1.807, 2.05) is 0 Å². The molecular formula is C25H20Si. The first-order chi connectivity index (χ1) is 12.8. The van der Waals surface area contributed by atoms with Gasteiger partial charge in [0.05, 0.1) is 0 Å². The zero-order chi connectivity index (χ0) is 17.7. The molecule has 1 spiro atoms. The van der Waals surface area contributed by atoms with Crippen molar-refractivity contribution in [1.29, 1.82) is 0 Å². The highest BCUT2D eigenvalue weighted by Gasteiger charge is 2.53. The first-order valence-corrected chi connectivity index (χ1v) is 11.1. The minimum Gasteiger partial charge on any atom is -0.0985 e. The zero-order valence-electron chi connectivity index (χ0n) is 14.9. The molecule has 0 nitrogen and oxygen atoms in total. The van der Waals surface area contributed by atoms with Crippen molar-refractivity contribution in [2.75, 3.05) is 0 Å². The molecule has 3 aromatic carbocycles. The molecular weight excluding hydrogens is 328 g/mol. The molecule has 0 saturated heterocycles. The molecule has 0 aromatic heterocycles. The summed E-state index contributed by atoms with van der Waals surface area (Å²) in [6.45, 7) is 6.29. The van der Waals surface area contributed by atoms with Gasteiger partial charge in [-0.1, -0.05) is 97.6 Å². The number of rotatable bonds is 2. The van der Waals surface area contributed by atoms with E-state index in [1.165, 1.54) is 43.0 Å². The minimum absolute atomic E-state index is 1.30. The topological polar surface area (TPSA) is 0 Å². The third kappa shape index (κ3) is 1.69. The highest BCUT2D eigenvalue weighted by Crippen LogP contribution is 2.40. The molecule has 124 valence electrons. The van der Waals surface area contributed by atoms with Gasteiger partial charge in [-0.25, -0.2) is 0 Å². The number of allylic oxidation sites excluding steroid dienone is 5. The lowest BCUT2D eigenvalue weighted by molar-refractivity contribution is 1.68. The fourth-order valence-corrected chi connectivity index (χ4v) is 10.7. The number of fused-ring (bicyclic) bond motifs is 7. The van der Waals surface area contributed by atoms with Crippen molar-refractivity contribution in [3.8, 4) is 11.1 Å². The van der Waals surface area contributed by atoms with Gasteiger partial charge in [0.1, 0.15) is 0 Å². The Bertz CT molecular complexity index is 1070. The Kier molecular flexibility index (Phi) is 3.28. The van der Waals surface area contributed by atoms with Crippen LogP contribution in [0.4, 0.5) is 0 Å². The lowest BCUT2D eigenvalue weighted by Crippen LogP contribution is -2.64. The highest BCUT2D eigenvalue weighted by atomic mass is 28.3. The quantitative estimate of drug-likeness (QED) is 0.609. The van der Waals surface area contributed by atoms with Crippen LogP contribution >= 0.6 is 0 Å². The summed E-state index contributed by atoms with van der Waals surface area (Å²) >= 11 is 0. The smallest absolute Gasteiger partial charge is 0.0985 e. The molecule has 2 aliphatic rings. The number of hydrogen-bond donors (Lipinski definition) is 0. The second kappa shape index (κ2) is 5.55. The van der Waals surface area contributed by atoms with Crippen LogP contribution in [0, 0.1) is 0 Å². The molecule has 0 saturated carbocycles. The maximum absolute atomic E-state index is 4.17. The maximum Gasteiger partial charge on any atom is 0.182 e. The Labute approximate surface area is 155 Å². The van der Waals surface area contributed by atoms with E-state index in [0.717, 1.165) is 0 Å². The molecule has 5 rings (SSSR count). The molecule has 3 aromatic rings. The SMILES string of the molecule is C=CC1=C(/C=C\C)[Si]2(c3ccccc31)c1ccccc1-c1ccccc12. The van der Waals surface area contributed by atoms with Gasteiger partial charge in [-0.05, 0) is 49.9 Å². The predicted molar refractivity (Wildman–Crippen MR) is 115 cm³/mol. The second-order valence-electron chi connectivity index (χ2n) is 6.92. The summed E-state index contributed by atoms with van der Waals surface area (Å²) in [6, 6.07) is 27.0. The van der Waals surface area contributed by atoms with Crippen LogP contribution in [0.5, 0.6) is 0 Å². The van der Waals surface area contributed by atoms with Gasteiger partial charge < -0.3 is 0 Å². The molecule has 0 N–H and O–H groups in total. The third-order valence-corrected chi connectivity index (χ3v) is 10.8. The van der Waals surface area contributed by atoms with E-state index >= 15 is 0 Å². The van der Waals surface area contributed by atoms with Gasteiger partial charge in [0.2, 0.25) is 0 Å². The van der Waals surface area contributed by atoms with Crippen LogP contribution in [0.15, 0.2) is 103 Å². The maximum atomic E-state index is 4.17. The Morgan fingerprint density at radius 3 is 1.65 bits per heavy atom. The monoisotopic (exact) mass is 348 g/mol. The molecule has 2 heterocycles. The normalized spacial score (nSPS) is 16.0. The molecule has 0 amide bonds. The van der Waals surface area contributed by atoms with Gasteiger partial charge >= 0.3 is 0 Å². The van der Waals surface area contributed by atoms with Crippen LogP contribution in [0.1, 0.15) is 12.5 Å². The molecule has 0 bridgehead atoms. The van der Waals surface area contributed by atoms with Gasteiger partial charge in [-0.15, -0.1) is 0 Å². The largest absolute Gasteiger partial charge is 0.182 e. The zero-order valence-corrected chi connectivity index (χ0v) is 15.9. The summed E-state index contributed by atoms with van der Waals surface area (Å²) in [6.07, 6.45) is 6.57. The molecule has 0 atom stereocenters. The Balaban J connectivity index is 2.03. The molecule has 2 aliphatic heterocycles. The standard InChI is InChI=1S/C25H20Si/c1-3-11-22-18(4-2)19-12-5-8-15-23(19)26(22)24-16-9-6-13-20(24)21-14-7-10-17-25(21)26/h3-17H,2H2,1H3/b11-3-. The Morgan fingerprint density at radius 1 is 0.692 bits per heavy atom. The first-order valence-electron chi connectivity index (χ1n) is 9.13. The van der Waals surface area contributed by atoms with Gasteiger partial charge in [0, 0.05) is 0 Å². The summed E-state index contributed by atoms with van der Waals surface area (Å²) in [5.74, 6) is 0. The molecule has 0 fully saturated rings. The Morgan fingerprint density at radius 2 is 1.15 bits per heavy atom. The van der Waals surface area contributed by atoms with Crippen LogP contribution in [0.3, 0.4) is 0 Å².